The van der Waals surface area contributed by atoms with Crippen LogP contribution in [0.25, 0.3) is 5.76 Å². The second kappa shape index (κ2) is 10.6. The number of benzene rings is 3. The Kier molecular flexibility index (Phi) is 6.91. The highest BCUT2D eigenvalue weighted by Crippen LogP contribution is 2.40. The van der Waals surface area contributed by atoms with E-state index in [1.165, 1.54) is 17.0 Å². The van der Waals surface area contributed by atoms with Gasteiger partial charge in [-0.2, -0.15) is 0 Å². The smallest absolute Gasteiger partial charge is 0.295 e. The molecule has 1 aromatic heterocycles. The Balaban J connectivity index is 1.47. The first-order chi connectivity index (χ1) is 18.4. The lowest BCUT2D eigenvalue weighted by molar-refractivity contribution is -0.140. The van der Waals surface area contributed by atoms with Crippen LogP contribution in [-0.4, -0.2) is 31.8 Å². The van der Waals surface area contributed by atoms with Crippen molar-refractivity contribution < 1.29 is 24.5 Å². The van der Waals surface area contributed by atoms with Crippen molar-refractivity contribution in [2.75, 3.05) is 0 Å². The number of Topliss-reactive ketones (excluding diaryl/α,β-unsaturated/α-hetero) is 1. The predicted octanol–water partition coefficient (Wildman–Crippen LogP) is 5.30. The topological polar surface area (TPSA) is 100.0 Å². The number of ketones is 1. The third-order valence-electron chi connectivity index (χ3n) is 6.47. The molecule has 1 aliphatic heterocycles. The van der Waals surface area contributed by atoms with E-state index in [-0.39, 0.29) is 23.6 Å². The third kappa shape index (κ3) is 5.13. The Hall–Kier alpha value is -4.91. The first-order valence-corrected chi connectivity index (χ1v) is 12.2. The first kappa shape index (κ1) is 24.8. The van der Waals surface area contributed by atoms with E-state index < -0.39 is 17.7 Å². The van der Waals surface area contributed by atoms with Crippen molar-refractivity contribution in [3.8, 4) is 11.5 Å². The molecule has 0 aliphatic carbocycles. The molecule has 5 rings (SSSR count). The number of aromatic nitrogens is 1. The number of aryl methyl sites for hydroxylation is 1. The first-order valence-electron chi connectivity index (χ1n) is 12.2. The highest BCUT2D eigenvalue weighted by atomic mass is 16.5. The summed E-state index contributed by atoms with van der Waals surface area (Å²) < 4.78 is 5.87. The minimum atomic E-state index is -0.832. The Bertz CT molecular complexity index is 1500. The summed E-state index contributed by atoms with van der Waals surface area (Å²) in [4.78, 5) is 31.8. The Morgan fingerprint density at radius 3 is 2.32 bits per heavy atom. The quantitative estimate of drug-likeness (QED) is 0.201. The van der Waals surface area contributed by atoms with E-state index in [9.17, 15) is 19.8 Å². The number of pyridine rings is 1. The SMILES string of the molecule is Cc1cccc(COc2ccc(/C(O)=C3\C(=O)C(=O)N(Cc4ccncc4)[C@@H]3c3ccc(O)cc3)cc2)c1. The molecule has 4 aromatic rings. The van der Waals surface area contributed by atoms with Gasteiger partial charge in [0, 0.05) is 24.5 Å². The zero-order chi connectivity index (χ0) is 26.6. The molecule has 2 heterocycles. The summed E-state index contributed by atoms with van der Waals surface area (Å²) in [6.45, 7) is 2.57. The molecule has 0 unspecified atom stereocenters. The van der Waals surface area contributed by atoms with Crippen molar-refractivity contribution in [2.24, 2.45) is 0 Å². The summed E-state index contributed by atoms with van der Waals surface area (Å²) >= 11 is 0. The number of likely N-dealkylation sites (tertiary alicyclic amines) is 1. The fourth-order valence-electron chi connectivity index (χ4n) is 4.56. The molecule has 190 valence electrons. The summed E-state index contributed by atoms with van der Waals surface area (Å²) in [5.74, 6) is -1.09. The minimum absolute atomic E-state index is 0.0109. The van der Waals surface area contributed by atoms with E-state index in [4.69, 9.17) is 4.74 Å². The van der Waals surface area contributed by atoms with Gasteiger partial charge in [0.1, 0.15) is 23.9 Å². The van der Waals surface area contributed by atoms with Gasteiger partial charge in [-0.25, -0.2) is 0 Å². The maximum atomic E-state index is 13.2. The third-order valence-corrected chi connectivity index (χ3v) is 6.47. The van der Waals surface area contributed by atoms with Gasteiger partial charge in [0.15, 0.2) is 0 Å². The number of aromatic hydroxyl groups is 1. The van der Waals surface area contributed by atoms with Crippen molar-refractivity contribution in [3.05, 3.63) is 131 Å². The maximum absolute atomic E-state index is 13.2. The summed E-state index contributed by atoms with van der Waals surface area (Å²) in [5.41, 5.74) is 3.95. The monoisotopic (exact) mass is 506 g/mol. The van der Waals surface area contributed by atoms with Crippen LogP contribution >= 0.6 is 0 Å². The molecule has 1 amide bonds. The summed E-state index contributed by atoms with van der Waals surface area (Å²) in [6.07, 6.45) is 3.23. The molecule has 0 saturated carbocycles. The van der Waals surface area contributed by atoms with Gasteiger partial charge in [-0.3, -0.25) is 14.6 Å². The van der Waals surface area contributed by atoms with Crippen molar-refractivity contribution in [2.45, 2.75) is 26.1 Å². The fraction of sp³-hybridized carbons (Fsp3) is 0.129. The Morgan fingerprint density at radius 2 is 1.63 bits per heavy atom. The van der Waals surface area contributed by atoms with Crippen molar-refractivity contribution >= 4 is 17.4 Å². The number of carbonyl (C=O) groups is 2. The van der Waals surface area contributed by atoms with Gasteiger partial charge in [0.25, 0.3) is 11.7 Å². The van der Waals surface area contributed by atoms with Crippen LogP contribution in [0.1, 0.15) is 33.9 Å². The van der Waals surface area contributed by atoms with Gasteiger partial charge in [0.05, 0.1) is 11.6 Å². The molecule has 2 N–H and O–H groups in total. The number of aliphatic hydroxyl groups excluding tert-OH is 1. The highest BCUT2D eigenvalue weighted by Gasteiger charge is 2.46. The molecule has 7 nitrogen and oxygen atoms in total. The number of amides is 1. The van der Waals surface area contributed by atoms with E-state index in [2.05, 4.69) is 11.1 Å². The van der Waals surface area contributed by atoms with Gasteiger partial charge < -0.3 is 19.8 Å². The van der Waals surface area contributed by atoms with Crippen LogP contribution in [0.4, 0.5) is 0 Å². The zero-order valence-electron chi connectivity index (χ0n) is 20.7. The van der Waals surface area contributed by atoms with Crippen molar-refractivity contribution in [3.63, 3.8) is 0 Å². The molecular weight excluding hydrogens is 480 g/mol. The van der Waals surface area contributed by atoms with Crippen LogP contribution in [-0.2, 0) is 22.7 Å². The van der Waals surface area contributed by atoms with Crippen molar-refractivity contribution in [1.82, 2.24) is 9.88 Å². The van der Waals surface area contributed by atoms with Gasteiger partial charge in [-0.05, 0) is 72.1 Å². The lowest BCUT2D eigenvalue weighted by Crippen LogP contribution is -2.29. The molecule has 1 atom stereocenters. The fourth-order valence-corrected chi connectivity index (χ4v) is 4.56. The minimum Gasteiger partial charge on any atom is -0.508 e. The van der Waals surface area contributed by atoms with E-state index in [0.717, 1.165) is 16.7 Å². The number of aliphatic hydroxyl groups is 1. The number of ether oxygens (including phenoxy) is 1. The molecule has 1 saturated heterocycles. The van der Waals surface area contributed by atoms with Crippen LogP contribution in [0, 0.1) is 6.92 Å². The average molecular weight is 507 g/mol. The molecule has 38 heavy (non-hydrogen) atoms. The number of rotatable bonds is 7. The largest absolute Gasteiger partial charge is 0.508 e. The number of phenols is 1. The lowest BCUT2D eigenvalue weighted by atomic mass is 9.95. The second-order valence-electron chi connectivity index (χ2n) is 9.18. The summed E-state index contributed by atoms with van der Waals surface area (Å²) in [7, 11) is 0. The van der Waals surface area contributed by atoms with E-state index in [1.54, 1.807) is 60.9 Å². The number of hydrogen-bond donors (Lipinski definition) is 2. The van der Waals surface area contributed by atoms with Crippen LogP contribution in [0.2, 0.25) is 0 Å². The van der Waals surface area contributed by atoms with Gasteiger partial charge in [-0.15, -0.1) is 0 Å². The number of hydrogen-bond acceptors (Lipinski definition) is 6. The van der Waals surface area contributed by atoms with Crippen molar-refractivity contribution in [1.29, 1.82) is 0 Å². The van der Waals surface area contributed by atoms with Gasteiger partial charge in [0.2, 0.25) is 0 Å². The van der Waals surface area contributed by atoms with E-state index >= 15 is 0 Å². The number of carbonyl (C=O) groups excluding carboxylic acids is 2. The zero-order valence-corrected chi connectivity index (χ0v) is 20.7. The normalized spacial score (nSPS) is 16.6. The lowest BCUT2D eigenvalue weighted by Gasteiger charge is -2.25. The molecular formula is C31H26N2O5. The van der Waals surface area contributed by atoms with Crippen LogP contribution in [0.5, 0.6) is 11.5 Å². The van der Waals surface area contributed by atoms with E-state index in [0.29, 0.717) is 23.5 Å². The maximum Gasteiger partial charge on any atom is 0.295 e. The predicted molar refractivity (Wildman–Crippen MR) is 142 cm³/mol. The van der Waals surface area contributed by atoms with Gasteiger partial charge >= 0.3 is 0 Å². The van der Waals surface area contributed by atoms with Gasteiger partial charge in [-0.1, -0.05) is 42.0 Å². The molecule has 1 aliphatic rings. The molecule has 7 heteroatoms. The molecule has 3 aromatic carbocycles. The summed E-state index contributed by atoms with van der Waals surface area (Å²) in [5, 5.41) is 21.1. The number of phenolic OH excluding ortho intramolecular Hbond substituents is 1. The summed E-state index contributed by atoms with van der Waals surface area (Å²) in [6, 6.07) is 23.7. The Labute approximate surface area is 220 Å². The van der Waals surface area contributed by atoms with Crippen LogP contribution < -0.4 is 4.74 Å². The van der Waals surface area contributed by atoms with Crippen LogP contribution in [0.3, 0.4) is 0 Å². The number of nitrogens with zero attached hydrogens (tertiary/aromatic N) is 2. The van der Waals surface area contributed by atoms with Crippen LogP contribution in [0.15, 0.2) is 103 Å². The van der Waals surface area contributed by atoms with E-state index in [1.807, 2.05) is 25.1 Å². The molecule has 0 bridgehead atoms. The highest BCUT2D eigenvalue weighted by molar-refractivity contribution is 6.46. The average Bonchev–Trinajstić information content (AvgIpc) is 3.18. The molecule has 1 fully saturated rings. The molecule has 0 radical (unpaired) electrons. The second-order valence-corrected chi connectivity index (χ2v) is 9.18. The molecule has 0 spiro atoms. The standard InChI is InChI=1S/C31H26N2O5/c1-20-3-2-4-22(17-20)19-38-26-11-7-24(8-12-26)29(35)27-28(23-5-9-25(34)10-6-23)33(31(37)30(27)36)18-21-13-15-32-16-14-21/h2-17,28,34-35H,18-19H2,1H3/b29-27+/t28-/m1/s1. The Morgan fingerprint density at radius 1 is 0.921 bits per heavy atom.